The van der Waals surface area contributed by atoms with Gasteiger partial charge in [0.25, 0.3) is 0 Å². The highest BCUT2D eigenvalue weighted by Gasteiger charge is 2.41. The van der Waals surface area contributed by atoms with Crippen LogP contribution in [0.5, 0.6) is 5.75 Å². The molecule has 0 aliphatic heterocycles. The average molecular weight is 404 g/mol. The zero-order valence-electron chi connectivity index (χ0n) is 13.6. The van der Waals surface area contributed by atoms with Gasteiger partial charge in [-0.15, -0.1) is 0 Å². The quantitative estimate of drug-likeness (QED) is 0.463. The first-order chi connectivity index (χ1) is 13.1. The SMILES string of the molecule is Fc1ccc(OC(F)(F)c2c(F)cc(-c3c(F)cc(F)cc3F)cc2F)cc1. The van der Waals surface area contributed by atoms with Crippen molar-refractivity contribution in [2.75, 3.05) is 0 Å². The van der Waals surface area contributed by atoms with E-state index in [-0.39, 0.29) is 24.3 Å². The van der Waals surface area contributed by atoms with E-state index in [1.807, 2.05) is 0 Å². The van der Waals surface area contributed by atoms with Crippen molar-refractivity contribution in [2.45, 2.75) is 6.11 Å². The Hall–Kier alpha value is -3.10. The smallest absolute Gasteiger partial charge is 0.429 e. The largest absolute Gasteiger partial charge is 0.432 e. The molecule has 9 heteroatoms. The Bertz CT molecular complexity index is 985. The second kappa shape index (κ2) is 7.14. The van der Waals surface area contributed by atoms with Gasteiger partial charge in [-0.25, -0.2) is 26.3 Å². The normalized spacial score (nSPS) is 11.6. The van der Waals surface area contributed by atoms with Gasteiger partial charge in [0.15, 0.2) is 0 Å². The van der Waals surface area contributed by atoms with Crippen molar-refractivity contribution in [3.05, 3.63) is 89.0 Å². The summed E-state index contributed by atoms with van der Waals surface area (Å²) in [5, 5.41) is 0. The molecule has 0 saturated heterocycles. The summed E-state index contributed by atoms with van der Waals surface area (Å²) in [6, 6.07) is 4.29. The van der Waals surface area contributed by atoms with E-state index in [9.17, 15) is 35.1 Å². The molecule has 0 unspecified atom stereocenters. The third kappa shape index (κ3) is 3.78. The Balaban J connectivity index is 2.04. The molecule has 1 nitrogen and oxygen atoms in total. The Morgan fingerprint density at radius 1 is 0.607 bits per heavy atom. The second-order valence-electron chi connectivity index (χ2n) is 5.63. The van der Waals surface area contributed by atoms with Gasteiger partial charge >= 0.3 is 6.11 Å². The molecule has 0 N–H and O–H groups in total. The van der Waals surface area contributed by atoms with E-state index >= 15 is 0 Å². The monoisotopic (exact) mass is 404 g/mol. The minimum atomic E-state index is -4.52. The molecule has 0 heterocycles. The molecule has 3 rings (SSSR count). The number of benzene rings is 3. The van der Waals surface area contributed by atoms with Crippen molar-refractivity contribution in [1.82, 2.24) is 0 Å². The summed E-state index contributed by atoms with van der Waals surface area (Å²) in [6.07, 6.45) is -4.52. The zero-order valence-corrected chi connectivity index (χ0v) is 13.6. The van der Waals surface area contributed by atoms with Gasteiger partial charge in [-0.3, -0.25) is 0 Å². The highest BCUT2D eigenvalue weighted by Crippen LogP contribution is 2.38. The number of alkyl halides is 2. The van der Waals surface area contributed by atoms with Crippen LogP contribution in [0.2, 0.25) is 0 Å². The van der Waals surface area contributed by atoms with E-state index in [1.54, 1.807) is 0 Å². The molecule has 0 spiro atoms. The summed E-state index contributed by atoms with van der Waals surface area (Å²) < 4.78 is 114. The van der Waals surface area contributed by atoms with Crippen molar-refractivity contribution < 1.29 is 39.9 Å². The third-order valence-electron chi connectivity index (χ3n) is 3.69. The van der Waals surface area contributed by atoms with E-state index in [1.165, 1.54) is 0 Å². The van der Waals surface area contributed by atoms with E-state index in [0.717, 1.165) is 24.3 Å². The van der Waals surface area contributed by atoms with E-state index < -0.39 is 63.5 Å². The summed E-state index contributed by atoms with van der Waals surface area (Å²) in [6.45, 7) is 0. The minimum Gasteiger partial charge on any atom is -0.429 e. The fraction of sp³-hybridized carbons (Fsp3) is 0.0526. The maximum Gasteiger partial charge on any atom is 0.432 e. The van der Waals surface area contributed by atoms with Crippen LogP contribution in [0, 0.1) is 34.9 Å². The van der Waals surface area contributed by atoms with Gasteiger partial charge in [-0.05, 0) is 42.0 Å². The van der Waals surface area contributed by atoms with Crippen molar-refractivity contribution in [3.63, 3.8) is 0 Å². The minimum absolute atomic E-state index is 0.264. The Kier molecular flexibility index (Phi) is 5.01. The highest BCUT2D eigenvalue weighted by molar-refractivity contribution is 5.65. The Morgan fingerprint density at radius 3 is 1.61 bits per heavy atom. The van der Waals surface area contributed by atoms with Gasteiger partial charge in [0.1, 0.15) is 46.2 Å². The molecule has 0 amide bonds. The van der Waals surface area contributed by atoms with Crippen LogP contribution in [0.1, 0.15) is 5.56 Å². The van der Waals surface area contributed by atoms with Crippen LogP contribution >= 0.6 is 0 Å². The summed E-state index contributed by atoms with van der Waals surface area (Å²) in [4.78, 5) is 0. The number of hydrogen-bond acceptors (Lipinski definition) is 1. The molecule has 0 saturated carbocycles. The maximum absolute atomic E-state index is 14.2. The third-order valence-corrected chi connectivity index (χ3v) is 3.69. The first-order valence-corrected chi connectivity index (χ1v) is 7.55. The Labute approximate surface area is 152 Å². The van der Waals surface area contributed by atoms with Crippen molar-refractivity contribution in [2.24, 2.45) is 0 Å². The first-order valence-electron chi connectivity index (χ1n) is 7.55. The molecule has 0 aliphatic carbocycles. The predicted molar refractivity (Wildman–Crippen MR) is 82.6 cm³/mol. The molecule has 3 aromatic rings. The molecule has 3 aromatic carbocycles. The molecule has 0 atom stereocenters. The van der Waals surface area contributed by atoms with E-state index in [4.69, 9.17) is 0 Å². The molecule has 0 bridgehead atoms. The van der Waals surface area contributed by atoms with Crippen molar-refractivity contribution in [1.29, 1.82) is 0 Å². The molecule has 146 valence electrons. The molecule has 0 aromatic heterocycles. The summed E-state index contributed by atoms with van der Waals surface area (Å²) in [5.41, 5.74) is -3.57. The fourth-order valence-electron chi connectivity index (χ4n) is 2.52. The maximum atomic E-state index is 14.2. The van der Waals surface area contributed by atoms with E-state index in [2.05, 4.69) is 4.74 Å². The molecule has 0 aliphatic rings. The van der Waals surface area contributed by atoms with Gasteiger partial charge in [0, 0.05) is 12.1 Å². The van der Waals surface area contributed by atoms with Crippen LogP contribution < -0.4 is 4.74 Å². The first kappa shape index (κ1) is 19.7. The van der Waals surface area contributed by atoms with Gasteiger partial charge in [0.05, 0.1) is 5.56 Å². The number of rotatable bonds is 4. The zero-order chi connectivity index (χ0) is 20.6. The molecule has 0 radical (unpaired) electrons. The lowest BCUT2D eigenvalue weighted by molar-refractivity contribution is -0.189. The molecule has 0 fully saturated rings. The van der Waals surface area contributed by atoms with Crippen LogP contribution in [0.4, 0.5) is 35.1 Å². The standard InChI is InChI=1S/C19H8F8O/c20-10-1-3-12(4-2-10)28-19(26,27)18-15(24)5-9(6-16(18)25)17-13(22)7-11(21)8-14(17)23/h1-8H. The fourth-order valence-corrected chi connectivity index (χ4v) is 2.52. The number of ether oxygens (including phenoxy) is 1. The summed E-state index contributed by atoms with van der Waals surface area (Å²) in [7, 11) is 0. The second-order valence-corrected chi connectivity index (χ2v) is 5.63. The van der Waals surface area contributed by atoms with E-state index in [0.29, 0.717) is 0 Å². The summed E-state index contributed by atoms with van der Waals surface area (Å²) >= 11 is 0. The van der Waals surface area contributed by atoms with Crippen molar-refractivity contribution in [3.8, 4) is 16.9 Å². The highest BCUT2D eigenvalue weighted by atomic mass is 19.3. The van der Waals surface area contributed by atoms with Gasteiger partial charge in [-0.1, -0.05) is 0 Å². The van der Waals surface area contributed by atoms with Crippen LogP contribution in [0.3, 0.4) is 0 Å². The van der Waals surface area contributed by atoms with Crippen LogP contribution in [-0.2, 0) is 6.11 Å². The lowest BCUT2D eigenvalue weighted by atomic mass is 10.0. The van der Waals surface area contributed by atoms with Gasteiger partial charge in [0.2, 0.25) is 0 Å². The van der Waals surface area contributed by atoms with Crippen LogP contribution in [0.25, 0.3) is 11.1 Å². The lowest BCUT2D eigenvalue weighted by Crippen LogP contribution is -2.25. The van der Waals surface area contributed by atoms with Crippen LogP contribution in [0.15, 0.2) is 48.5 Å². The molecule has 28 heavy (non-hydrogen) atoms. The molecular weight excluding hydrogens is 396 g/mol. The van der Waals surface area contributed by atoms with Crippen molar-refractivity contribution >= 4 is 0 Å². The van der Waals surface area contributed by atoms with Crippen LogP contribution in [-0.4, -0.2) is 0 Å². The average Bonchev–Trinajstić information content (AvgIpc) is 2.55. The Morgan fingerprint density at radius 2 is 1.11 bits per heavy atom. The summed E-state index contributed by atoms with van der Waals surface area (Å²) in [5.74, 6) is -9.26. The molecular formula is C19H8F8O. The number of halogens is 8. The topological polar surface area (TPSA) is 9.23 Å². The predicted octanol–water partition coefficient (Wildman–Crippen LogP) is 6.32. The lowest BCUT2D eigenvalue weighted by Gasteiger charge is -2.20. The van der Waals surface area contributed by atoms with Gasteiger partial charge in [-0.2, -0.15) is 8.78 Å². The van der Waals surface area contributed by atoms with Gasteiger partial charge < -0.3 is 4.74 Å². The number of hydrogen-bond donors (Lipinski definition) is 0.